The van der Waals surface area contributed by atoms with Crippen LogP contribution in [0.4, 0.5) is 8.78 Å². The fourth-order valence-corrected chi connectivity index (χ4v) is 1.86. The highest BCUT2D eigenvalue weighted by Crippen LogP contribution is 2.26. The van der Waals surface area contributed by atoms with E-state index in [4.69, 9.17) is 0 Å². The Kier molecular flexibility index (Phi) is 3.43. The molecule has 0 aliphatic rings. The molecule has 2 aromatic rings. The second-order valence-electron chi connectivity index (χ2n) is 4.41. The van der Waals surface area contributed by atoms with Gasteiger partial charge in [0.1, 0.15) is 17.7 Å². The van der Waals surface area contributed by atoms with Crippen molar-refractivity contribution in [2.75, 3.05) is 0 Å². The average Bonchev–Trinajstić information content (AvgIpc) is 2.35. The minimum absolute atomic E-state index is 0.374. The molecule has 0 radical (unpaired) electrons. The van der Waals surface area contributed by atoms with Crippen molar-refractivity contribution >= 4 is 0 Å². The summed E-state index contributed by atoms with van der Waals surface area (Å²) in [5.74, 6) is -0.789. The van der Waals surface area contributed by atoms with E-state index in [-0.39, 0.29) is 5.82 Å². The molecule has 0 amide bonds. The van der Waals surface area contributed by atoms with E-state index in [1.54, 1.807) is 32.0 Å². The van der Waals surface area contributed by atoms with Gasteiger partial charge in [-0.2, -0.15) is 0 Å². The fourth-order valence-electron chi connectivity index (χ4n) is 1.86. The first-order valence-corrected chi connectivity index (χ1v) is 5.69. The highest BCUT2D eigenvalue weighted by atomic mass is 19.1. The zero-order valence-corrected chi connectivity index (χ0v) is 10.2. The highest BCUT2D eigenvalue weighted by molar-refractivity contribution is 5.36. The summed E-state index contributed by atoms with van der Waals surface area (Å²) in [7, 11) is 0. The molecule has 0 spiro atoms. The Morgan fingerprint density at radius 1 is 0.944 bits per heavy atom. The monoisotopic (exact) mass is 248 g/mol. The van der Waals surface area contributed by atoms with E-state index in [0.29, 0.717) is 16.7 Å². The van der Waals surface area contributed by atoms with Gasteiger partial charge in [-0.25, -0.2) is 8.78 Å². The Morgan fingerprint density at radius 3 is 2.28 bits per heavy atom. The second-order valence-corrected chi connectivity index (χ2v) is 4.41. The van der Waals surface area contributed by atoms with E-state index in [9.17, 15) is 13.9 Å². The smallest absolute Gasteiger partial charge is 0.126 e. The molecule has 0 aliphatic carbocycles. The van der Waals surface area contributed by atoms with Crippen molar-refractivity contribution in [2.45, 2.75) is 20.0 Å². The van der Waals surface area contributed by atoms with Crippen LogP contribution in [0.3, 0.4) is 0 Å². The number of hydrogen-bond donors (Lipinski definition) is 1. The van der Waals surface area contributed by atoms with Crippen molar-refractivity contribution in [2.24, 2.45) is 0 Å². The molecule has 0 saturated carbocycles. The van der Waals surface area contributed by atoms with E-state index < -0.39 is 11.9 Å². The lowest BCUT2D eigenvalue weighted by Gasteiger charge is -2.15. The van der Waals surface area contributed by atoms with Gasteiger partial charge in [0.15, 0.2) is 0 Å². The maximum atomic E-state index is 13.4. The van der Waals surface area contributed by atoms with Crippen LogP contribution in [0.15, 0.2) is 36.4 Å². The van der Waals surface area contributed by atoms with Crippen LogP contribution >= 0.6 is 0 Å². The Balaban J connectivity index is 2.44. The van der Waals surface area contributed by atoms with Gasteiger partial charge in [0.25, 0.3) is 0 Å². The Bertz CT molecular complexity index is 579. The van der Waals surface area contributed by atoms with E-state index in [2.05, 4.69) is 0 Å². The van der Waals surface area contributed by atoms with Gasteiger partial charge >= 0.3 is 0 Å². The summed E-state index contributed by atoms with van der Waals surface area (Å²) in [6.45, 7) is 3.43. The summed E-state index contributed by atoms with van der Waals surface area (Å²) in [6, 6.07) is 8.73. The molecule has 94 valence electrons. The summed E-state index contributed by atoms with van der Waals surface area (Å²) >= 11 is 0. The van der Waals surface area contributed by atoms with Gasteiger partial charge in [-0.05, 0) is 54.3 Å². The van der Waals surface area contributed by atoms with E-state index in [0.717, 1.165) is 5.56 Å². The van der Waals surface area contributed by atoms with E-state index >= 15 is 0 Å². The standard InChI is InChI=1S/C15H14F2O/c1-9-4-6-12(16)8-13(9)15(18)11-5-3-10(2)14(17)7-11/h3-8,15,18H,1-2H3. The first kappa shape index (κ1) is 12.7. The minimum atomic E-state index is -1.02. The van der Waals surface area contributed by atoms with Gasteiger partial charge in [0, 0.05) is 0 Å². The van der Waals surface area contributed by atoms with Gasteiger partial charge in [-0.15, -0.1) is 0 Å². The van der Waals surface area contributed by atoms with Crippen LogP contribution in [0.2, 0.25) is 0 Å². The summed E-state index contributed by atoms with van der Waals surface area (Å²) in [4.78, 5) is 0. The van der Waals surface area contributed by atoms with E-state index in [1.165, 1.54) is 18.2 Å². The molecule has 0 fully saturated rings. The number of rotatable bonds is 2. The van der Waals surface area contributed by atoms with Gasteiger partial charge in [-0.3, -0.25) is 0 Å². The van der Waals surface area contributed by atoms with Gasteiger partial charge in [-0.1, -0.05) is 18.2 Å². The van der Waals surface area contributed by atoms with Crippen LogP contribution in [-0.4, -0.2) is 5.11 Å². The number of halogens is 2. The number of hydrogen-bond acceptors (Lipinski definition) is 1. The van der Waals surface area contributed by atoms with Crippen molar-refractivity contribution in [3.63, 3.8) is 0 Å². The number of aryl methyl sites for hydroxylation is 2. The van der Waals surface area contributed by atoms with Crippen LogP contribution in [0.1, 0.15) is 28.4 Å². The lowest BCUT2D eigenvalue weighted by Crippen LogP contribution is -2.03. The zero-order valence-electron chi connectivity index (χ0n) is 10.2. The van der Waals surface area contributed by atoms with Gasteiger partial charge in [0.2, 0.25) is 0 Å². The molecule has 1 N–H and O–H groups in total. The molecule has 1 unspecified atom stereocenters. The Morgan fingerprint density at radius 2 is 1.61 bits per heavy atom. The molecule has 0 bridgehead atoms. The molecule has 3 heteroatoms. The van der Waals surface area contributed by atoms with Crippen LogP contribution in [0.25, 0.3) is 0 Å². The maximum Gasteiger partial charge on any atom is 0.126 e. The third-order valence-electron chi connectivity index (χ3n) is 3.05. The summed E-state index contributed by atoms with van der Waals surface area (Å²) in [5.41, 5.74) is 2.16. The minimum Gasteiger partial charge on any atom is -0.384 e. The van der Waals surface area contributed by atoms with Gasteiger partial charge < -0.3 is 5.11 Å². The van der Waals surface area contributed by atoms with Crippen molar-refractivity contribution in [3.8, 4) is 0 Å². The highest BCUT2D eigenvalue weighted by Gasteiger charge is 2.15. The molecule has 2 rings (SSSR count). The average molecular weight is 248 g/mol. The molecular formula is C15H14F2O. The molecule has 18 heavy (non-hydrogen) atoms. The van der Waals surface area contributed by atoms with Crippen LogP contribution in [0, 0.1) is 25.5 Å². The van der Waals surface area contributed by atoms with Crippen molar-refractivity contribution in [1.29, 1.82) is 0 Å². The normalized spacial score (nSPS) is 12.5. The molecule has 0 aliphatic heterocycles. The SMILES string of the molecule is Cc1ccc(C(O)c2cc(F)ccc2C)cc1F. The quantitative estimate of drug-likeness (QED) is 0.859. The van der Waals surface area contributed by atoms with E-state index in [1.807, 2.05) is 0 Å². The molecule has 2 aromatic carbocycles. The predicted molar refractivity (Wildman–Crippen MR) is 66.3 cm³/mol. The molecular weight excluding hydrogens is 234 g/mol. The molecule has 1 nitrogen and oxygen atoms in total. The first-order valence-electron chi connectivity index (χ1n) is 5.69. The van der Waals surface area contributed by atoms with Crippen molar-refractivity contribution < 1.29 is 13.9 Å². The Labute approximate surface area is 105 Å². The fraction of sp³-hybridized carbons (Fsp3) is 0.200. The van der Waals surface area contributed by atoms with Crippen LogP contribution < -0.4 is 0 Å². The maximum absolute atomic E-state index is 13.4. The lowest BCUT2D eigenvalue weighted by molar-refractivity contribution is 0.218. The first-order chi connectivity index (χ1) is 8.49. The van der Waals surface area contributed by atoms with Crippen LogP contribution in [-0.2, 0) is 0 Å². The van der Waals surface area contributed by atoms with Crippen molar-refractivity contribution in [1.82, 2.24) is 0 Å². The molecule has 1 atom stereocenters. The summed E-state index contributed by atoms with van der Waals surface area (Å²) in [5, 5.41) is 10.2. The number of benzene rings is 2. The molecule has 0 saturated heterocycles. The third-order valence-corrected chi connectivity index (χ3v) is 3.05. The molecule has 0 heterocycles. The zero-order chi connectivity index (χ0) is 13.3. The number of aliphatic hydroxyl groups excluding tert-OH is 1. The molecule has 0 aromatic heterocycles. The van der Waals surface area contributed by atoms with Gasteiger partial charge in [0.05, 0.1) is 0 Å². The van der Waals surface area contributed by atoms with Crippen LogP contribution in [0.5, 0.6) is 0 Å². The predicted octanol–water partition coefficient (Wildman–Crippen LogP) is 3.66. The largest absolute Gasteiger partial charge is 0.384 e. The lowest BCUT2D eigenvalue weighted by atomic mass is 9.96. The second kappa shape index (κ2) is 4.86. The number of aliphatic hydroxyl groups is 1. The topological polar surface area (TPSA) is 20.2 Å². The van der Waals surface area contributed by atoms with Crippen molar-refractivity contribution in [3.05, 3.63) is 70.3 Å². The third kappa shape index (κ3) is 2.41. The summed E-state index contributed by atoms with van der Waals surface area (Å²) in [6.07, 6.45) is -1.02. The summed E-state index contributed by atoms with van der Waals surface area (Å²) < 4.78 is 26.6. The Hall–Kier alpha value is -1.74.